The standard InChI is InChI=1S/2C20H19NO2S.Ti/c2*1-24-11-10-19(21)20(22)23-18-8-6-14(7-9-18)17-12-15-4-2-3-5-16(15)13-17;/h2*2-9,11-13,19H,10,21H2,1H3;/q2*-2;+4. The first-order valence-corrected chi connectivity index (χ1v) is 18.1. The summed E-state index contributed by atoms with van der Waals surface area (Å²) in [6.45, 7) is 0. The number of rotatable bonds is 12. The zero-order valence-electron chi connectivity index (χ0n) is 27.4. The van der Waals surface area contributed by atoms with Gasteiger partial charge in [-0.15, -0.1) is 81.9 Å². The van der Waals surface area contributed by atoms with E-state index >= 15 is 0 Å². The number of ether oxygens (including phenoxy) is 2. The summed E-state index contributed by atoms with van der Waals surface area (Å²) < 4.78 is 10.7. The zero-order chi connectivity index (χ0) is 33.9. The Labute approximate surface area is 311 Å². The molecule has 0 aliphatic rings. The maximum atomic E-state index is 11.9. The van der Waals surface area contributed by atoms with E-state index in [2.05, 4.69) is 48.5 Å². The van der Waals surface area contributed by atoms with Crippen LogP contribution in [0.4, 0.5) is 0 Å². The largest absolute Gasteiger partial charge is 4.00 e. The minimum atomic E-state index is -0.627. The Morgan fingerprint density at radius 3 is 1.35 bits per heavy atom. The average Bonchev–Trinajstić information content (AvgIpc) is 3.75. The smallest absolute Gasteiger partial charge is 0.426 e. The number of carbonyl (C=O) groups excluding carboxylic acids is 2. The van der Waals surface area contributed by atoms with Gasteiger partial charge in [-0.25, -0.2) is 0 Å². The third-order valence-electron chi connectivity index (χ3n) is 7.69. The fourth-order valence-corrected chi connectivity index (χ4v) is 5.84. The van der Waals surface area contributed by atoms with Gasteiger partial charge in [-0.05, 0) is 36.8 Å². The molecule has 0 saturated heterocycles. The van der Waals surface area contributed by atoms with E-state index in [9.17, 15) is 9.59 Å². The van der Waals surface area contributed by atoms with Crippen molar-refractivity contribution in [2.45, 2.75) is 24.9 Å². The van der Waals surface area contributed by atoms with Crippen LogP contribution in [0.15, 0.2) is 121 Å². The molecule has 0 fully saturated rings. The first-order chi connectivity index (χ1) is 23.3. The van der Waals surface area contributed by atoms with E-state index in [-0.39, 0.29) is 21.7 Å². The third-order valence-corrected chi connectivity index (χ3v) is 8.74. The van der Waals surface area contributed by atoms with Gasteiger partial charge in [0.15, 0.2) is 0 Å². The summed E-state index contributed by atoms with van der Waals surface area (Å²) in [5, 5.41) is 4.89. The topological polar surface area (TPSA) is 105 Å². The average molecular weight is 723 g/mol. The van der Waals surface area contributed by atoms with E-state index in [1.54, 1.807) is 47.8 Å². The Morgan fingerprint density at radius 1 is 0.633 bits per heavy atom. The Bertz CT molecular complexity index is 1730. The summed E-state index contributed by atoms with van der Waals surface area (Å²) in [6, 6.07) is 38.9. The normalized spacial score (nSPS) is 12.0. The molecule has 2 unspecified atom stereocenters. The summed E-state index contributed by atoms with van der Waals surface area (Å²) in [6.07, 6.45) is 4.87. The molecule has 6 aromatic carbocycles. The number of fused-ring (bicyclic) bond motifs is 2. The van der Waals surface area contributed by atoms with Crippen LogP contribution in [0.1, 0.15) is 12.8 Å². The van der Waals surface area contributed by atoms with Crippen LogP contribution in [0, 0.1) is 11.5 Å². The van der Waals surface area contributed by atoms with E-state index in [4.69, 9.17) is 20.9 Å². The van der Waals surface area contributed by atoms with Gasteiger partial charge < -0.3 is 44.5 Å². The molecule has 6 rings (SSSR count). The number of esters is 2. The minimum Gasteiger partial charge on any atom is -0.426 e. The minimum absolute atomic E-state index is 0. The first kappa shape index (κ1) is 38.2. The molecule has 0 aliphatic heterocycles. The van der Waals surface area contributed by atoms with E-state index in [0.29, 0.717) is 24.3 Å². The van der Waals surface area contributed by atoms with Crippen LogP contribution in [-0.2, 0) is 31.3 Å². The molecule has 6 aromatic rings. The molecular weight excluding hydrogens is 684 g/mol. The molecule has 9 heteroatoms. The van der Waals surface area contributed by atoms with Gasteiger partial charge in [-0.1, -0.05) is 71.8 Å². The molecule has 0 aliphatic carbocycles. The Hall–Kier alpha value is -3.63. The number of nitrogens with two attached hydrogens (primary N) is 2. The summed E-state index contributed by atoms with van der Waals surface area (Å²) >= 11 is 3.08. The maximum Gasteiger partial charge on any atom is 4.00 e. The van der Waals surface area contributed by atoms with Crippen molar-refractivity contribution in [3.8, 4) is 33.8 Å². The molecule has 49 heavy (non-hydrogen) atoms. The van der Waals surface area contributed by atoms with Crippen LogP contribution >= 0.6 is 23.5 Å². The molecule has 248 valence electrons. The number of thioether (sulfide) groups is 2. The fraction of sp³-hybridized carbons (Fsp3) is 0.150. The quantitative estimate of drug-likeness (QED) is 0.0560. The Morgan fingerprint density at radius 2 is 1.00 bits per heavy atom. The summed E-state index contributed by atoms with van der Waals surface area (Å²) in [5.74, 6) is 4.00. The molecular formula is C40H38N2O4S2Ti. The number of benzene rings is 4. The van der Waals surface area contributed by atoms with Crippen LogP contribution < -0.4 is 20.9 Å². The Kier molecular flexibility index (Phi) is 14.8. The summed E-state index contributed by atoms with van der Waals surface area (Å²) in [7, 11) is 0. The summed E-state index contributed by atoms with van der Waals surface area (Å²) in [5.41, 5.74) is 16.1. The third kappa shape index (κ3) is 10.7. The van der Waals surface area contributed by atoms with Gasteiger partial charge in [0, 0.05) is 0 Å². The fourth-order valence-electron chi connectivity index (χ4n) is 5.04. The molecule has 0 radical (unpaired) electrons. The predicted octanol–water partition coefficient (Wildman–Crippen LogP) is 8.74. The van der Waals surface area contributed by atoms with Crippen molar-refractivity contribution >= 4 is 57.0 Å². The van der Waals surface area contributed by atoms with E-state index in [1.165, 1.54) is 21.5 Å². The van der Waals surface area contributed by atoms with Crippen LogP contribution in [0.5, 0.6) is 11.5 Å². The monoisotopic (exact) mass is 722 g/mol. The SMILES string of the molecule is CS[CH-]CC(N)C(=O)Oc1ccc(-c2cc3ccccc3[cH-]2)cc1.CS[CH-]CC(N)C(=O)Oc1ccc(-c2cc3ccccc3[cH-]2)cc1.[Ti+4]. The van der Waals surface area contributed by atoms with E-state index in [0.717, 1.165) is 22.3 Å². The molecule has 0 amide bonds. The number of hydrogen-bond acceptors (Lipinski definition) is 8. The van der Waals surface area contributed by atoms with Crippen molar-refractivity contribution in [3.63, 3.8) is 0 Å². The van der Waals surface area contributed by atoms with Crippen molar-refractivity contribution < 1.29 is 40.8 Å². The van der Waals surface area contributed by atoms with Crippen molar-refractivity contribution in [2.75, 3.05) is 12.5 Å². The maximum absolute atomic E-state index is 11.9. The van der Waals surface area contributed by atoms with Crippen LogP contribution in [0.2, 0.25) is 0 Å². The Balaban J connectivity index is 0.000000216. The molecule has 0 saturated carbocycles. The second kappa shape index (κ2) is 18.9. The second-order valence-electron chi connectivity index (χ2n) is 11.1. The van der Waals surface area contributed by atoms with Gasteiger partial charge in [0.2, 0.25) is 0 Å². The van der Waals surface area contributed by atoms with Gasteiger partial charge in [-0.3, -0.25) is 21.1 Å². The molecule has 0 bridgehead atoms. The van der Waals surface area contributed by atoms with Crippen LogP contribution in [0.3, 0.4) is 0 Å². The van der Waals surface area contributed by atoms with E-state index in [1.807, 2.05) is 72.5 Å². The number of hydrogen-bond donors (Lipinski definition) is 2. The van der Waals surface area contributed by atoms with Gasteiger partial charge >= 0.3 is 33.7 Å². The molecule has 4 N–H and O–H groups in total. The van der Waals surface area contributed by atoms with Gasteiger partial charge in [0.25, 0.3) is 0 Å². The summed E-state index contributed by atoms with van der Waals surface area (Å²) in [4.78, 5) is 23.8. The molecule has 2 atom stereocenters. The van der Waals surface area contributed by atoms with E-state index < -0.39 is 24.0 Å². The number of carbonyl (C=O) groups is 2. The second-order valence-corrected chi connectivity index (χ2v) is 12.7. The molecule has 0 spiro atoms. The van der Waals surface area contributed by atoms with Crippen molar-refractivity contribution in [1.82, 2.24) is 0 Å². The van der Waals surface area contributed by atoms with Gasteiger partial charge in [-0.2, -0.15) is 0 Å². The van der Waals surface area contributed by atoms with Crippen molar-refractivity contribution in [3.05, 3.63) is 133 Å². The van der Waals surface area contributed by atoms with Gasteiger partial charge in [0.05, 0.1) is 12.1 Å². The van der Waals surface area contributed by atoms with Crippen molar-refractivity contribution in [1.29, 1.82) is 0 Å². The van der Waals surface area contributed by atoms with Crippen LogP contribution in [0.25, 0.3) is 43.8 Å². The first-order valence-electron chi connectivity index (χ1n) is 15.5. The van der Waals surface area contributed by atoms with Gasteiger partial charge in [0.1, 0.15) is 11.5 Å². The van der Waals surface area contributed by atoms with Crippen LogP contribution in [-0.4, -0.2) is 36.5 Å². The molecule has 6 nitrogen and oxygen atoms in total. The predicted molar refractivity (Wildman–Crippen MR) is 202 cm³/mol. The van der Waals surface area contributed by atoms with Crippen molar-refractivity contribution in [2.24, 2.45) is 11.5 Å². The molecule has 0 heterocycles. The zero-order valence-corrected chi connectivity index (χ0v) is 30.6. The molecule has 0 aromatic heterocycles.